The highest BCUT2D eigenvalue weighted by Gasteiger charge is 2.19. The Morgan fingerprint density at radius 2 is 1.96 bits per heavy atom. The van der Waals surface area contributed by atoms with Crippen molar-refractivity contribution in [1.29, 1.82) is 0 Å². The lowest BCUT2D eigenvalue weighted by Gasteiger charge is -2.27. The van der Waals surface area contributed by atoms with Crippen molar-refractivity contribution in [2.75, 3.05) is 6.54 Å². The Bertz CT molecular complexity index is 1080. The van der Waals surface area contributed by atoms with E-state index in [-0.39, 0.29) is 6.61 Å². The highest BCUT2D eigenvalue weighted by molar-refractivity contribution is 5.76. The molecule has 0 bridgehead atoms. The van der Waals surface area contributed by atoms with Crippen LogP contribution in [0.2, 0.25) is 0 Å². The first-order valence-corrected chi connectivity index (χ1v) is 9.06. The molecule has 0 spiro atoms. The molecule has 136 valence electrons. The van der Waals surface area contributed by atoms with Crippen LogP contribution in [-0.2, 0) is 26.2 Å². The van der Waals surface area contributed by atoms with Gasteiger partial charge in [-0.05, 0) is 11.6 Å². The van der Waals surface area contributed by atoms with Gasteiger partial charge in [0.15, 0.2) is 5.65 Å². The standard InChI is InChI=1S/C20H20N6O/c27-14-17-8-18-13-24(6-7-25(18)23-17)11-15-9-21-20-19(10-22-26(20)12-15)16-4-2-1-3-5-16/h1-5,8-10,12,27H,6-7,11,13-14H2. The number of benzene rings is 1. The van der Waals surface area contributed by atoms with Crippen molar-refractivity contribution in [2.45, 2.75) is 26.2 Å². The summed E-state index contributed by atoms with van der Waals surface area (Å²) in [5.41, 5.74) is 6.04. The number of hydrogen-bond acceptors (Lipinski definition) is 5. The number of rotatable bonds is 4. The number of aliphatic hydroxyl groups excluding tert-OH is 1. The van der Waals surface area contributed by atoms with Gasteiger partial charge in [0, 0.05) is 43.2 Å². The van der Waals surface area contributed by atoms with Crippen LogP contribution in [0.15, 0.2) is 55.0 Å². The van der Waals surface area contributed by atoms with Crippen LogP contribution in [0.1, 0.15) is 17.0 Å². The van der Waals surface area contributed by atoms with Crippen molar-refractivity contribution in [2.24, 2.45) is 0 Å². The highest BCUT2D eigenvalue weighted by Crippen LogP contribution is 2.23. The minimum absolute atomic E-state index is 0.0103. The van der Waals surface area contributed by atoms with Gasteiger partial charge in [-0.3, -0.25) is 9.58 Å². The van der Waals surface area contributed by atoms with Crippen LogP contribution >= 0.6 is 0 Å². The van der Waals surface area contributed by atoms with Crippen LogP contribution in [0.3, 0.4) is 0 Å². The molecule has 0 radical (unpaired) electrons. The van der Waals surface area contributed by atoms with Crippen LogP contribution in [0, 0.1) is 0 Å². The average Bonchev–Trinajstić information content (AvgIpc) is 3.31. The Morgan fingerprint density at radius 3 is 2.81 bits per heavy atom. The summed E-state index contributed by atoms with van der Waals surface area (Å²) >= 11 is 0. The maximum absolute atomic E-state index is 9.27. The second-order valence-electron chi connectivity index (χ2n) is 6.87. The van der Waals surface area contributed by atoms with E-state index in [2.05, 4.69) is 38.4 Å². The molecule has 1 aliphatic rings. The number of nitrogens with zero attached hydrogens (tertiary/aromatic N) is 6. The summed E-state index contributed by atoms with van der Waals surface area (Å²) in [4.78, 5) is 7.03. The first-order valence-electron chi connectivity index (χ1n) is 9.06. The van der Waals surface area contributed by atoms with Crippen molar-refractivity contribution in [3.05, 3.63) is 71.9 Å². The van der Waals surface area contributed by atoms with Gasteiger partial charge in [-0.2, -0.15) is 10.2 Å². The topological polar surface area (TPSA) is 71.5 Å². The molecule has 4 aromatic rings. The van der Waals surface area contributed by atoms with Gasteiger partial charge in [-0.1, -0.05) is 30.3 Å². The molecule has 4 heterocycles. The monoisotopic (exact) mass is 360 g/mol. The van der Waals surface area contributed by atoms with E-state index >= 15 is 0 Å². The van der Waals surface area contributed by atoms with Gasteiger partial charge >= 0.3 is 0 Å². The van der Waals surface area contributed by atoms with E-state index in [1.165, 1.54) is 0 Å². The third-order valence-corrected chi connectivity index (χ3v) is 4.99. The molecule has 5 rings (SSSR count). The molecule has 1 aliphatic heterocycles. The second-order valence-corrected chi connectivity index (χ2v) is 6.87. The Hall–Kier alpha value is -3.03. The molecule has 7 heteroatoms. The third-order valence-electron chi connectivity index (χ3n) is 4.99. The van der Waals surface area contributed by atoms with E-state index in [9.17, 15) is 5.11 Å². The molecule has 3 aromatic heterocycles. The first-order chi connectivity index (χ1) is 13.3. The summed E-state index contributed by atoms with van der Waals surface area (Å²) < 4.78 is 3.85. The van der Waals surface area contributed by atoms with E-state index < -0.39 is 0 Å². The zero-order valence-corrected chi connectivity index (χ0v) is 14.9. The molecule has 27 heavy (non-hydrogen) atoms. The van der Waals surface area contributed by atoms with Gasteiger partial charge in [-0.25, -0.2) is 9.50 Å². The lowest BCUT2D eigenvalue weighted by Crippen LogP contribution is -2.33. The molecule has 0 saturated carbocycles. The smallest absolute Gasteiger partial charge is 0.162 e. The van der Waals surface area contributed by atoms with Gasteiger partial charge in [0.2, 0.25) is 0 Å². The van der Waals surface area contributed by atoms with Crippen LogP contribution < -0.4 is 0 Å². The van der Waals surface area contributed by atoms with Crippen molar-refractivity contribution in [3.8, 4) is 11.1 Å². The lowest BCUT2D eigenvalue weighted by molar-refractivity contribution is 0.204. The van der Waals surface area contributed by atoms with E-state index in [1.54, 1.807) is 0 Å². The third kappa shape index (κ3) is 3.01. The summed E-state index contributed by atoms with van der Waals surface area (Å²) in [6, 6.07) is 12.2. The second kappa shape index (κ2) is 6.61. The predicted molar refractivity (Wildman–Crippen MR) is 101 cm³/mol. The highest BCUT2D eigenvalue weighted by atomic mass is 16.3. The molecule has 1 N–H and O–H groups in total. The lowest BCUT2D eigenvalue weighted by atomic mass is 10.1. The van der Waals surface area contributed by atoms with Gasteiger partial charge in [-0.15, -0.1) is 0 Å². The Labute approximate surface area is 156 Å². The molecule has 0 amide bonds. The summed E-state index contributed by atoms with van der Waals surface area (Å²) in [5, 5.41) is 18.2. The maximum Gasteiger partial charge on any atom is 0.162 e. The van der Waals surface area contributed by atoms with Crippen LogP contribution in [-0.4, -0.2) is 40.9 Å². The van der Waals surface area contributed by atoms with E-state index in [1.807, 2.05) is 45.9 Å². The van der Waals surface area contributed by atoms with Crippen molar-refractivity contribution < 1.29 is 5.11 Å². The van der Waals surface area contributed by atoms with Gasteiger partial charge < -0.3 is 5.11 Å². The summed E-state index contributed by atoms with van der Waals surface area (Å²) in [6.45, 7) is 3.38. The van der Waals surface area contributed by atoms with Gasteiger partial charge in [0.25, 0.3) is 0 Å². The number of fused-ring (bicyclic) bond motifs is 2. The van der Waals surface area contributed by atoms with Crippen LogP contribution in [0.5, 0.6) is 0 Å². The fourth-order valence-electron chi connectivity index (χ4n) is 3.67. The fourth-order valence-corrected chi connectivity index (χ4v) is 3.67. The van der Waals surface area contributed by atoms with Crippen LogP contribution in [0.4, 0.5) is 0 Å². The molecule has 1 aromatic carbocycles. The minimum Gasteiger partial charge on any atom is -0.390 e. The van der Waals surface area contributed by atoms with Crippen LogP contribution in [0.25, 0.3) is 16.8 Å². The van der Waals surface area contributed by atoms with E-state index in [0.717, 1.165) is 59.9 Å². The Morgan fingerprint density at radius 1 is 1.07 bits per heavy atom. The summed E-state index contributed by atoms with van der Waals surface area (Å²) in [7, 11) is 0. The molecule has 0 saturated heterocycles. The fraction of sp³-hybridized carbons (Fsp3) is 0.250. The molecule has 0 fully saturated rings. The maximum atomic E-state index is 9.27. The average molecular weight is 360 g/mol. The minimum atomic E-state index is -0.0103. The molecular weight excluding hydrogens is 340 g/mol. The Balaban J connectivity index is 1.37. The number of aromatic nitrogens is 5. The number of aliphatic hydroxyl groups is 1. The molecule has 0 atom stereocenters. The molecule has 0 aliphatic carbocycles. The quantitative estimate of drug-likeness (QED) is 0.603. The SMILES string of the molecule is OCc1cc2n(n1)CCN(Cc1cnc3c(-c4ccccc4)cnn3c1)C2. The zero-order valence-electron chi connectivity index (χ0n) is 14.9. The number of hydrogen-bond donors (Lipinski definition) is 1. The molecule has 7 nitrogen and oxygen atoms in total. The summed E-state index contributed by atoms with van der Waals surface area (Å²) in [6.07, 6.45) is 5.87. The van der Waals surface area contributed by atoms with Crippen molar-refractivity contribution >= 4 is 5.65 Å². The normalized spacial score (nSPS) is 14.6. The molecular formula is C20H20N6O. The van der Waals surface area contributed by atoms with E-state index in [0.29, 0.717) is 0 Å². The van der Waals surface area contributed by atoms with Gasteiger partial charge in [0.1, 0.15) is 0 Å². The predicted octanol–water partition coefficient (Wildman–Crippen LogP) is 2.10. The Kier molecular flexibility index (Phi) is 3.95. The molecule has 0 unspecified atom stereocenters. The largest absolute Gasteiger partial charge is 0.390 e. The van der Waals surface area contributed by atoms with E-state index in [4.69, 9.17) is 0 Å². The van der Waals surface area contributed by atoms with Gasteiger partial charge in [0.05, 0.1) is 30.7 Å². The summed E-state index contributed by atoms with van der Waals surface area (Å²) in [5.74, 6) is 0. The first kappa shape index (κ1) is 16.2. The zero-order chi connectivity index (χ0) is 18.2. The van der Waals surface area contributed by atoms with Crippen molar-refractivity contribution in [3.63, 3.8) is 0 Å². The van der Waals surface area contributed by atoms with Crippen molar-refractivity contribution in [1.82, 2.24) is 29.3 Å².